The molecule has 54 valence electrons. The molecule has 1 heterocycles. The largest absolute Gasteiger partial charge is 0.466 e. The molecule has 1 aromatic rings. The summed E-state index contributed by atoms with van der Waals surface area (Å²) in [5.41, 5.74) is 0. The van der Waals surface area contributed by atoms with Crippen molar-refractivity contribution in [2.75, 3.05) is 6.79 Å². The summed E-state index contributed by atoms with van der Waals surface area (Å²) in [5.74, 6) is 0.506. The number of aliphatic hydroxyl groups is 1. The number of pyridine rings is 1. The number of aromatic nitrogens is 1. The number of halogens is 1. The van der Waals surface area contributed by atoms with Gasteiger partial charge in [0.2, 0.25) is 0 Å². The Morgan fingerprint density at radius 3 is 2.90 bits per heavy atom. The average molecular weight is 160 g/mol. The maximum Gasteiger partial charge on any atom is 0.186 e. The maximum absolute atomic E-state index is 8.31. The molecule has 1 N–H and O–H groups in total. The van der Waals surface area contributed by atoms with Crippen molar-refractivity contribution in [3.63, 3.8) is 0 Å². The number of hydrogen-bond donors (Lipinski definition) is 1. The highest BCUT2D eigenvalue weighted by Gasteiger charge is 1.91. The van der Waals surface area contributed by atoms with Crippen molar-refractivity contribution in [3.8, 4) is 5.75 Å². The molecule has 0 aliphatic heterocycles. The topological polar surface area (TPSA) is 42.4 Å². The minimum atomic E-state index is -0.344. The average Bonchev–Trinajstić information content (AvgIpc) is 1.95. The van der Waals surface area contributed by atoms with E-state index in [4.69, 9.17) is 21.4 Å². The van der Waals surface area contributed by atoms with Crippen LogP contribution in [0.4, 0.5) is 0 Å². The molecule has 0 spiro atoms. The smallest absolute Gasteiger partial charge is 0.186 e. The van der Waals surface area contributed by atoms with E-state index in [0.717, 1.165) is 0 Å². The number of rotatable bonds is 2. The summed E-state index contributed by atoms with van der Waals surface area (Å²) in [4.78, 5) is 3.73. The van der Waals surface area contributed by atoms with Gasteiger partial charge < -0.3 is 9.84 Å². The fourth-order valence-corrected chi connectivity index (χ4v) is 0.634. The zero-order chi connectivity index (χ0) is 7.40. The van der Waals surface area contributed by atoms with Gasteiger partial charge in [0.15, 0.2) is 6.79 Å². The van der Waals surface area contributed by atoms with E-state index in [1.54, 1.807) is 12.1 Å². The molecule has 0 fully saturated rings. The summed E-state index contributed by atoms with van der Waals surface area (Å²) in [6.07, 6.45) is 1.44. The van der Waals surface area contributed by atoms with E-state index in [-0.39, 0.29) is 6.79 Å². The molecule has 0 radical (unpaired) electrons. The first-order valence-electron chi connectivity index (χ1n) is 2.68. The van der Waals surface area contributed by atoms with Crippen molar-refractivity contribution in [2.45, 2.75) is 0 Å². The first-order chi connectivity index (χ1) is 4.83. The van der Waals surface area contributed by atoms with Gasteiger partial charge in [0.1, 0.15) is 10.9 Å². The van der Waals surface area contributed by atoms with Crippen molar-refractivity contribution in [3.05, 3.63) is 23.5 Å². The molecule has 0 aromatic carbocycles. The predicted octanol–water partition coefficient (Wildman–Crippen LogP) is 1.06. The van der Waals surface area contributed by atoms with Crippen LogP contribution < -0.4 is 4.74 Å². The fourth-order valence-electron chi connectivity index (χ4n) is 0.522. The van der Waals surface area contributed by atoms with Crippen LogP contribution in [0.1, 0.15) is 0 Å². The van der Waals surface area contributed by atoms with Gasteiger partial charge in [-0.05, 0) is 12.1 Å². The second-order valence-corrected chi connectivity index (χ2v) is 1.98. The predicted molar refractivity (Wildman–Crippen MR) is 37.0 cm³/mol. The molecule has 1 rings (SSSR count). The third-order valence-electron chi connectivity index (χ3n) is 0.931. The van der Waals surface area contributed by atoms with Crippen LogP contribution in [0.5, 0.6) is 5.75 Å². The quantitative estimate of drug-likeness (QED) is 0.519. The van der Waals surface area contributed by atoms with E-state index in [1.807, 2.05) is 0 Å². The maximum atomic E-state index is 8.31. The highest BCUT2D eigenvalue weighted by molar-refractivity contribution is 6.29. The van der Waals surface area contributed by atoms with Crippen LogP contribution >= 0.6 is 11.6 Å². The monoisotopic (exact) mass is 159 g/mol. The second-order valence-electron chi connectivity index (χ2n) is 1.59. The van der Waals surface area contributed by atoms with Gasteiger partial charge in [-0.15, -0.1) is 0 Å². The Morgan fingerprint density at radius 2 is 2.40 bits per heavy atom. The molecular formula is C6H6ClNO2. The molecule has 0 unspecified atom stereocenters. The van der Waals surface area contributed by atoms with Gasteiger partial charge in [0.25, 0.3) is 0 Å². The molecule has 0 saturated carbocycles. The van der Waals surface area contributed by atoms with Crippen molar-refractivity contribution in [2.24, 2.45) is 0 Å². The lowest BCUT2D eigenvalue weighted by molar-refractivity contribution is 0.0982. The number of nitrogens with zero attached hydrogens (tertiary/aromatic N) is 1. The van der Waals surface area contributed by atoms with Gasteiger partial charge in [-0.3, -0.25) is 0 Å². The molecule has 0 aliphatic rings. The summed E-state index contributed by atoms with van der Waals surface area (Å²) in [5, 5.41) is 8.71. The summed E-state index contributed by atoms with van der Waals surface area (Å²) < 4.78 is 4.70. The molecule has 0 saturated heterocycles. The number of ether oxygens (including phenoxy) is 1. The highest BCUT2D eigenvalue weighted by atomic mass is 35.5. The Kier molecular flexibility index (Phi) is 2.48. The Morgan fingerprint density at radius 1 is 1.60 bits per heavy atom. The minimum Gasteiger partial charge on any atom is -0.466 e. The first-order valence-corrected chi connectivity index (χ1v) is 3.06. The van der Waals surface area contributed by atoms with Gasteiger partial charge in [-0.25, -0.2) is 4.98 Å². The van der Waals surface area contributed by atoms with Gasteiger partial charge in [-0.1, -0.05) is 11.6 Å². The standard InChI is InChI=1S/C6H6ClNO2/c7-6-2-1-5(3-8-6)10-4-9/h1-3,9H,4H2. The highest BCUT2D eigenvalue weighted by Crippen LogP contribution is 2.11. The molecule has 1 aromatic heterocycles. The zero-order valence-corrected chi connectivity index (χ0v) is 5.88. The van der Waals surface area contributed by atoms with E-state index >= 15 is 0 Å². The fraction of sp³-hybridized carbons (Fsp3) is 0.167. The third-order valence-corrected chi connectivity index (χ3v) is 1.16. The SMILES string of the molecule is OCOc1ccc(Cl)nc1. The van der Waals surface area contributed by atoms with Gasteiger partial charge in [-0.2, -0.15) is 0 Å². The summed E-state index contributed by atoms with van der Waals surface area (Å²) in [7, 11) is 0. The molecule has 0 amide bonds. The summed E-state index contributed by atoms with van der Waals surface area (Å²) in [6.45, 7) is -0.344. The van der Waals surface area contributed by atoms with Crippen LogP contribution in [0.2, 0.25) is 5.15 Å². The van der Waals surface area contributed by atoms with Crippen LogP contribution in [0.15, 0.2) is 18.3 Å². The van der Waals surface area contributed by atoms with Crippen LogP contribution in [0.25, 0.3) is 0 Å². The van der Waals surface area contributed by atoms with Gasteiger partial charge in [0.05, 0.1) is 6.20 Å². The molecule has 0 aliphatic carbocycles. The lowest BCUT2D eigenvalue weighted by atomic mass is 10.5. The molecule has 0 atom stereocenters. The molecule has 3 nitrogen and oxygen atoms in total. The minimum absolute atomic E-state index is 0.344. The van der Waals surface area contributed by atoms with Gasteiger partial charge in [0, 0.05) is 0 Å². The number of aliphatic hydroxyl groups excluding tert-OH is 1. The van der Waals surface area contributed by atoms with E-state index in [9.17, 15) is 0 Å². The van der Waals surface area contributed by atoms with E-state index in [2.05, 4.69) is 4.98 Å². The van der Waals surface area contributed by atoms with Crippen molar-refractivity contribution in [1.29, 1.82) is 0 Å². The van der Waals surface area contributed by atoms with Crippen LogP contribution in [0, 0.1) is 0 Å². The number of hydrogen-bond acceptors (Lipinski definition) is 3. The van der Waals surface area contributed by atoms with Crippen LogP contribution in [0.3, 0.4) is 0 Å². The molecule has 0 bridgehead atoms. The first kappa shape index (κ1) is 7.31. The molecule has 10 heavy (non-hydrogen) atoms. The summed E-state index contributed by atoms with van der Waals surface area (Å²) in [6, 6.07) is 3.22. The van der Waals surface area contributed by atoms with Crippen molar-refractivity contribution in [1.82, 2.24) is 4.98 Å². The lowest BCUT2D eigenvalue weighted by Gasteiger charge is -1.98. The van der Waals surface area contributed by atoms with E-state index in [0.29, 0.717) is 10.9 Å². The Labute approximate surface area is 63.2 Å². The van der Waals surface area contributed by atoms with Gasteiger partial charge >= 0.3 is 0 Å². The normalized spacial score (nSPS) is 9.40. The Balaban J connectivity index is 2.69. The molecule has 4 heteroatoms. The van der Waals surface area contributed by atoms with Crippen LogP contribution in [-0.2, 0) is 0 Å². The third kappa shape index (κ3) is 1.86. The van der Waals surface area contributed by atoms with E-state index < -0.39 is 0 Å². The summed E-state index contributed by atoms with van der Waals surface area (Å²) >= 11 is 5.48. The van der Waals surface area contributed by atoms with Crippen molar-refractivity contribution < 1.29 is 9.84 Å². The molecular weight excluding hydrogens is 154 g/mol. The second kappa shape index (κ2) is 3.39. The Bertz CT molecular complexity index is 199. The van der Waals surface area contributed by atoms with Crippen LogP contribution in [-0.4, -0.2) is 16.9 Å². The lowest BCUT2D eigenvalue weighted by Crippen LogP contribution is -1.94. The zero-order valence-electron chi connectivity index (χ0n) is 5.12. The van der Waals surface area contributed by atoms with Crippen molar-refractivity contribution >= 4 is 11.6 Å². The Hall–Kier alpha value is -0.800. The van der Waals surface area contributed by atoms with E-state index in [1.165, 1.54) is 6.20 Å².